The summed E-state index contributed by atoms with van der Waals surface area (Å²) in [5, 5.41) is 0. The van der Waals surface area contributed by atoms with Gasteiger partial charge in [-0.1, -0.05) is 12.1 Å². The minimum absolute atomic E-state index is 0.0354. The summed E-state index contributed by atoms with van der Waals surface area (Å²) in [4.78, 5) is 13.5. The van der Waals surface area contributed by atoms with Crippen molar-refractivity contribution in [1.29, 1.82) is 0 Å². The van der Waals surface area contributed by atoms with Gasteiger partial charge in [0.15, 0.2) is 17.4 Å². The van der Waals surface area contributed by atoms with E-state index in [1.165, 1.54) is 25.0 Å². The van der Waals surface area contributed by atoms with E-state index >= 15 is 0 Å². The number of hydrogen-bond acceptors (Lipinski definition) is 4. The van der Waals surface area contributed by atoms with Gasteiger partial charge in [-0.3, -0.25) is 4.79 Å². The van der Waals surface area contributed by atoms with Gasteiger partial charge >= 0.3 is 5.97 Å². The van der Waals surface area contributed by atoms with Crippen LogP contribution in [0, 0.1) is 11.6 Å². The van der Waals surface area contributed by atoms with Gasteiger partial charge in [0.05, 0.1) is 13.2 Å². The van der Waals surface area contributed by atoms with Crippen LogP contribution in [0.15, 0.2) is 36.4 Å². The minimum atomic E-state index is -0.757. The Bertz CT molecular complexity index is 813. The number of halogens is 2. The maximum atomic E-state index is 14.4. The fourth-order valence-corrected chi connectivity index (χ4v) is 3.07. The molecule has 0 spiro atoms. The highest BCUT2D eigenvalue weighted by atomic mass is 19.1. The lowest BCUT2D eigenvalue weighted by molar-refractivity contribution is -0.143. The Hall–Kier alpha value is -2.63. The fraction of sp³-hybridized carbons (Fsp3) is 0.409. The second-order valence-electron chi connectivity index (χ2n) is 6.92. The summed E-state index contributed by atoms with van der Waals surface area (Å²) in [7, 11) is 2.03. The van der Waals surface area contributed by atoms with Gasteiger partial charge in [0.25, 0.3) is 0 Å². The number of nitrogens with zero attached hydrogens (tertiary/aromatic N) is 1. The third-order valence-corrected chi connectivity index (χ3v) is 4.76. The molecule has 0 aromatic heterocycles. The van der Waals surface area contributed by atoms with Crippen LogP contribution in [-0.2, 0) is 9.53 Å². The van der Waals surface area contributed by atoms with E-state index in [1.54, 1.807) is 6.92 Å². The van der Waals surface area contributed by atoms with Gasteiger partial charge in [-0.15, -0.1) is 0 Å². The fourth-order valence-electron chi connectivity index (χ4n) is 3.07. The molecule has 1 saturated carbocycles. The Balaban J connectivity index is 1.68. The molecule has 6 heteroatoms. The summed E-state index contributed by atoms with van der Waals surface area (Å²) in [5.41, 5.74) is 2.23. The molecule has 150 valence electrons. The zero-order valence-electron chi connectivity index (χ0n) is 16.2. The highest BCUT2D eigenvalue weighted by Gasteiger charge is 2.26. The van der Waals surface area contributed by atoms with Crippen molar-refractivity contribution in [2.75, 3.05) is 25.2 Å². The third-order valence-electron chi connectivity index (χ3n) is 4.76. The van der Waals surface area contributed by atoms with E-state index in [0.717, 1.165) is 11.3 Å². The number of hydrogen-bond donors (Lipinski definition) is 0. The summed E-state index contributed by atoms with van der Waals surface area (Å²) in [6.45, 7) is 2.07. The van der Waals surface area contributed by atoms with Gasteiger partial charge < -0.3 is 14.4 Å². The number of ether oxygens (including phenoxy) is 2. The first-order valence-corrected chi connectivity index (χ1v) is 9.60. The van der Waals surface area contributed by atoms with Gasteiger partial charge in [0.1, 0.15) is 0 Å². The van der Waals surface area contributed by atoms with E-state index < -0.39 is 17.4 Å². The summed E-state index contributed by atoms with van der Waals surface area (Å²) in [6.07, 6.45) is 2.82. The number of carbonyl (C=O) groups is 1. The van der Waals surface area contributed by atoms with E-state index in [0.29, 0.717) is 24.6 Å². The quantitative estimate of drug-likeness (QED) is 0.449. The van der Waals surface area contributed by atoms with Crippen LogP contribution in [0.1, 0.15) is 32.6 Å². The molecule has 0 N–H and O–H groups in total. The Labute approximate surface area is 164 Å². The topological polar surface area (TPSA) is 38.8 Å². The molecule has 0 radical (unpaired) electrons. The van der Waals surface area contributed by atoms with Crippen LogP contribution in [0.5, 0.6) is 5.75 Å². The van der Waals surface area contributed by atoms with E-state index in [-0.39, 0.29) is 19.0 Å². The van der Waals surface area contributed by atoms with E-state index in [2.05, 4.69) is 4.90 Å². The van der Waals surface area contributed by atoms with Gasteiger partial charge in [0, 0.05) is 25.2 Å². The first kappa shape index (κ1) is 20.1. The predicted octanol–water partition coefficient (Wildman–Crippen LogP) is 4.95. The first-order chi connectivity index (χ1) is 13.5. The molecule has 1 aliphatic rings. The van der Waals surface area contributed by atoms with Gasteiger partial charge in [-0.25, -0.2) is 8.78 Å². The standard InChI is InChI=1S/C22H25F2NO3/c1-3-27-21(26)8-5-11-28-22-19(23)13-16(14-20(22)24)15-6-4-7-18(12-15)25(2)17-9-10-17/h4,6-7,12-14,17H,3,5,8-11H2,1-2H3. The van der Waals surface area contributed by atoms with Crippen molar-refractivity contribution >= 4 is 11.7 Å². The molecule has 0 heterocycles. The Kier molecular flexibility index (Phi) is 6.49. The lowest BCUT2D eigenvalue weighted by Crippen LogP contribution is -2.19. The number of carbonyl (C=O) groups excluding carboxylic acids is 1. The van der Waals surface area contributed by atoms with Crippen LogP contribution in [-0.4, -0.2) is 32.3 Å². The van der Waals surface area contributed by atoms with Crippen molar-refractivity contribution in [3.8, 4) is 16.9 Å². The maximum absolute atomic E-state index is 14.4. The van der Waals surface area contributed by atoms with Crippen LogP contribution < -0.4 is 9.64 Å². The summed E-state index contributed by atoms with van der Waals surface area (Å²) < 4.78 is 38.9. The smallest absolute Gasteiger partial charge is 0.305 e. The molecule has 0 aliphatic heterocycles. The van der Waals surface area contributed by atoms with Crippen LogP contribution in [0.25, 0.3) is 11.1 Å². The molecule has 0 unspecified atom stereocenters. The molecular formula is C22H25F2NO3. The van der Waals surface area contributed by atoms with Crippen molar-refractivity contribution < 1.29 is 23.0 Å². The number of anilines is 1. The van der Waals surface area contributed by atoms with E-state index in [4.69, 9.17) is 9.47 Å². The van der Waals surface area contributed by atoms with Gasteiger partial charge in [0.2, 0.25) is 0 Å². The molecule has 0 bridgehead atoms. The minimum Gasteiger partial charge on any atom is -0.488 e. The average molecular weight is 389 g/mol. The third kappa shape index (κ3) is 5.00. The number of rotatable bonds is 9. The molecule has 2 aromatic rings. The molecule has 28 heavy (non-hydrogen) atoms. The molecule has 0 atom stereocenters. The van der Waals surface area contributed by atoms with Crippen LogP contribution >= 0.6 is 0 Å². The van der Waals surface area contributed by atoms with E-state index in [1.807, 2.05) is 31.3 Å². The zero-order valence-corrected chi connectivity index (χ0v) is 16.2. The monoisotopic (exact) mass is 389 g/mol. The number of esters is 1. The van der Waals surface area contributed by atoms with Crippen molar-refractivity contribution in [2.45, 2.75) is 38.6 Å². The van der Waals surface area contributed by atoms with Crippen molar-refractivity contribution in [3.05, 3.63) is 48.0 Å². The van der Waals surface area contributed by atoms with Crippen LogP contribution in [0.4, 0.5) is 14.5 Å². The first-order valence-electron chi connectivity index (χ1n) is 9.60. The molecular weight excluding hydrogens is 364 g/mol. The van der Waals surface area contributed by atoms with Crippen molar-refractivity contribution in [2.24, 2.45) is 0 Å². The molecule has 1 fully saturated rings. The van der Waals surface area contributed by atoms with Crippen molar-refractivity contribution in [1.82, 2.24) is 0 Å². The number of benzene rings is 2. The Morgan fingerprint density at radius 2 is 1.86 bits per heavy atom. The molecule has 0 saturated heterocycles. The highest BCUT2D eigenvalue weighted by Crippen LogP contribution is 2.34. The largest absolute Gasteiger partial charge is 0.488 e. The van der Waals surface area contributed by atoms with Gasteiger partial charge in [-0.2, -0.15) is 0 Å². The maximum Gasteiger partial charge on any atom is 0.305 e. The lowest BCUT2D eigenvalue weighted by Gasteiger charge is -2.19. The molecule has 3 rings (SSSR count). The Morgan fingerprint density at radius 1 is 1.14 bits per heavy atom. The molecule has 4 nitrogen and oxygen atoms in total. The summed E-state index contributed by atoms with van der Waals surface area (Å²) in [6, 6.07) is 10.8. The van der Waals surface area contributed by atoms with Crippen molar-refractivity contribution in [3.63, 3.8) is 0 Å². The Morgan fingerprint density at radius 3 is 2.50 bits per heavy atom. The molecule has 0 amide bonds. The van der Waals surface area contributed by atoms with Gasteiger partial charge in [-0.05, 0) is 61.6 Å². The van der Waals surface area contributed by atoms with E-state index in [9.17, 15) is 13.6 Å². The average Bonchev–Trinajstić information content (AvgIpc) is 3.51. The second kappa shape index (κ2) is 9.04. The van der Waals surface area contributed by atoms with Crippen LogP contribution in [0.2, 0.25) is 0 Å². The molecule has 2 aromatic carbocycles. The predicted molar refractivity (Wildman–Crippen MR) is 105 cm³/mol. The molecule has 1 aliphatic carbocycles. The SMILES string of the molecule is CCOC(=O)CCCOc1c(F)cc(-c2cccc(N(C)C3CC3)c2)cc1F. The zero-order chi connectivity index (χ0) is 20.1. The van der Waals surface area contributed by atoms with Crippen LogP contribution in [0.3, 0.4) is 0 Å². The second-order valence-corrected chi connectivity index (χ2v) is 6.92. The lowest BCUT2D eigenvalue weighted by atomic mass is 10.0. The normalized spacial score (nSPS) is 13.3. The summed E-state index contributed by atoms with van der Waals surface area (Å²) in [5.74, 6) is -2.28. The highest BCUT2D eigenvalue weighted by molar-refractivity contribution is 5.70. The summed E-state index contributed by atoms with van der Waals surface area (Å²) >= 11 is 0.